The van der Waals surface area contributed by atoms with Gasteiger partial charge in [-0.1, -0.05) is 17.7 Å². The maximum atomic E-state index is 5.96. The number of nitrogens with zero attached hydrogens (tertiary/aromatic N) is 2. The van der Waals surface area contributed by atoms with Gasteiger partial charge in [-0.25, -0.2) is 0 Å². The van der Waals surface area contributed by atoms with Crippen LogP contribution >= 0.6 is 11.6 Å². The molecule has 1 aromatic carbocycles. The number of aromatic nitrogens is 2. The van der Waals surface area contributed by atoms with Crippen molar-refractivity contribution in [3.63, 3.8) is 0 Å². The molecule has 0 fully saturated rings. The molecule has 2 rings (SSSR count). The van der Waals surface area contributed by atoms with Crippen LogP contribution in [0.1, 0.15) is 0 Å². The van der Waals surface area contributed by atoms with Gasteiger partial charge in [0.2, 0.25) is 0 Å². The Bertz CT molecular complexity index is 439. The summed E-state index contributed by atoms with van der Waals surface area (Å²) in [7, 11) is 1.60. The zero-order chi connectivity index (χ0) is 9.26. The molecule has 13 heavy (non-hydrogen) atoms. The smallest absolute Gasteiger partial charge is 0.129 e. The van der Waals surface area contributed by atoms with Crippen molar-refractivity contribution >= 4 is 22.5 Å². The zero-order valence-electron chi connectivity index (χ0n) is 6.99. The monoisotopic (exact) mass is 194 g/mol. The van der Waals surface area contributed by atoms with Gasteiger partial charge in [0.1, 0.15) is 5.75 Å². The SMILES string of the molecule is COc1cccc2nncc(Cl)c12. The van der Waals surface area contributed by atoms with Crippen LogP contribution in [0.25, 0.3) is 10.9 Å². The van der Waals surface area contributed by atoms with Crippen molar-refractivity contribution in [3.05, 3.63) is 29.4 Å². The average molecular weight is 195 g/mol. The molecule has 0 bridgehead atoms. The van der Waals surface area contributed by atoms with Crippen LogP contribution in [-0.2, 0) is 0 Å². The van der Waals surface area contributed by atoms with Crippen LogP contribution in [0.15, 0.2) is 24.4 Å². The molecule has 0 saturated carbocycles. The molecule has 0 N–H and O–H groups in total. The first-order valence-electron chi connectivity index (χ1n) is 3.77. The minimum absolute atomic E-state index is 0.558. The first-order valence-corrected chi connectivity index (χ1v) is 4.14. The maximum Gasteiger partial charge on any atom is 0.129 e. The van der Waals surface area contributed by atoms with Crippen molar-refractivity contribution in [1.82, 2.24) is 10.2 Å². The molecule has 3 nitrogen and oxygen atoms in total. The highest BCUT2D eigenvalue weighted by molar-refractivity contribution is 6.35. The van der Waals surface area contributed by atoms with Gasteiger partial charge < -0.3 is 4.74 Å². The third-order valence-corrected chi connectivity index (χ3v) is 2.09. The first kappa shape index (κ1) is 8.26. The van der Waals surface area contributed by atoms with Crippen molar-refractivity contribution in [2.45, 2.75) is 0 Å². The molecule has 2 aromatic rings. The van der Waals surface area contributed by atoms with Crippen LogP contribution in [0.2, 0.25) is 5.02 Å². The summed E-state index contributed by atoms with van der Waals surface area (Å²) in [6.07, 6.45) is 1.51. The average Bonchev–Trinajstić information content (AvgIpc) is 2.17. The predicted molar refractivity (Wildman–Crippen MR) is 51.1 cm³/mol. The van der Waals surface area contributed by atoms with E-state index in [1.807, 2.05) is 18.2 Å². The Hall–Kier alpha value is -1.35. The van der Waals surface area contributed by atoms with Crippen molar-refractivity contribution in [1.29, 1.82) is 0 Å². The molecule has 0 aliphatic heterocycles. The van der Waals surface area contributed by atoms with Crippen LogP contribution in [-0.4, -0.2) is 17.3 Å². The van der Waals surface area contributed by atoms with E-state index in [1.54, 1.807) is 7.11 Å². The minimum atomic E-state index is 0.558. The van der Waals surface area contributed by atoms with Gasteiger partial charge in [0, 0.05) is 0 Å². The number of hydrogen-bond acceptors (Lipinski definition) is 3. The molecule has 0 spiro atoms. The summed E-state index contributed by atoms with van der Waals surface area (Å²) in [4.78, 5) is 0. The molecular weight excluding hydrogens is 188 g/mol. The second kappa shape index (κ2) is 3.18. The van der Waals surface area contributed by atoms with Gasteiger partial charge in [0.15, 0.2) is 0 Å². The summed E-state index contributed by atoms with van der Waals surface area (Å²) in [6, 6.07) is 5.54. The number of ether oxygens (including phenoxy) is 1. The van der Waals surface area contributed by atoms with Crippen molar-refractivity contribution < 1.29 is 4.74 Å². The Morgan fingerprint density at radius 2 is 2.23 bits per heavy atom. The highest BCUT2D eigenvalue weighted by atomic mass is 35.5. The van der Waals surface area contributed by atoms with Crippen LogP contribution in [0.5, 0.6) is 5.75 Å². The fourth-order valence-electron chi connectivity index (χ4n) is 1.22. The lowest BCUT2D eigenvalue weighted by atomic mass is 10.2. The van der Waals surface area contributed by atoms with Gasteiger partial charge in [0.05, 0.1) is 29.2 Å². The maximum absolute atomic E-state index is 5.96. The van der Waals surface area contributed by atoms with Crippen LogP contribution in [0.4, 0.5) is 0 Å². The Morgan fingerprint density at radius 3 is 3.00 bits per heavy atom. The lowest BCUT2D eigenvalue weighted by molar-refractivity contribution is 0.419. The number of fused-ring (bicyclic) bond motifs is 1. The summed E-state index contributed by atoms with van der Waals surface area (Å²) in [5.74, 6) is 0.720. The molecule has 0 aliphatic carbocycles. The van der Waals surface area contributed by atoms with E-state index in [1.165, 1.54) is 6.20 Å². The molecule has 0 radical (unpaired) electrons. The minimum Gasteiger partial charge on any atom is -0.496 e. The van der Waals surface area contributed by atoms with E-state index in [0.29, 0.717) is 5.02 Å². The Labute approximate surface area is 80.3 Å². The molecule has 4 heteroatoms. The van der Waals surface area contributed by atoms with Crippen molar-refractivity contribution in [3.8, 4) is 5.75 Å². The third-order valence-electron chi connectivity index (χ3n) is 1.80. The van der Waals surface area contributed by atoms with Gasteiger partial charge in [-0.15, -0.1) is 0 Å². The number of halogens is 1. The highest BCUT2D eigenvalue weighted by Gasteiger charge is 2.05. The molecule has 1 aromatic heterocycles. The van der Waals surface area contributed by atoms with Gasteiger partial charge in [-0.2, -0.15) is 10.2 Å². The fourth-order valence-corrected chi connectivity index (χ4v) is 1.45. The third kappa shape index (κ3) is 1.31. The zero-order valence-corrected chi connectivity index (χ0v) is 7.75. The lowest BCUT2D eigenvalue weighted by Gasteiger charge is -2.04. The molecular formula is C9H7ClN2O. The van der Waals surface area contributed by atoms with Crippen LogP contribution in [0.3, 0.4) is 0 Å². The summed E-state index contributed by atoms with van der Waals surface area (Å²) in [6.45, 7) is 0. The summed E-state index contributed by atoms with van der Waals surface area (Å²) >= 11 is 5.96. The van der Waals surface area contributed by atoms with E-state index < -0.39 is 0 Å². The highest BCUT2D eigenvalue weighted by Crippen LogP contribution is 2.29. The fraction of sp³-hybridized carbons (Fsp3) is 0.111. The van der Waals surface area contributed by atoms with Gasteiger partial charge in [0.25, 0.3) is 0 Å². The van der Waals surface area contributed by atoms with E-state index in [0.717, 1.165) is 16.7 Å². The van der Waals surface area contributed by atoms with E-state index >= 15 is 0 Å². The molecule has 0 aliphatic rings. The second-order valence-corrected chi connectivity index (χ2v) is 2.95. The van der Waals surface area contributed by atoms with Gasteiger partial charge in [-0.3, -0.25) is 0 Å². The first-order chi connectivity index (χ1) is 6.33. The van der Waals surface area contributed by atoms with E-state index in [4.69, 9.17) is 16.3 Å². The predicted octanol–water partition coefficient (Wildman–Crippen LogP) is 2.29. The summed E-state index contributed by atoms with van der Waals surface area (Å²) in [5.41, 5.74) is 0.742. The normalized spacial score (nSPS) is 10.3. The number of benzene rings is 1. The summed E-state index contributed by atoms with van der Waals surface area (Å²) < 4.78 is 5.16. The van der Waals surface area contributed by atoms with Gasteiger partial charge in [-0.05, 0) is 12.1 Å². The van der Waals surface area contributed by atoms with Gasteiger partial charge >= 0.3 is 0 Å². The molecule has 0 saturated heterocycles. The largest absolute Gasteiger partial charge is 0.496 e. The van der Waals surface area contributed by atoms with Crippen LogP contribution < -0.4 is 4.74 Å². The van der Waals surface area contributed by atoms with E-state index in [-0.39, 0.29) is 0 Å². The lowest BCUT2D eigenvalue weighted by Crippen LogP contribution is -1.88. The Balaban J connectivity index is 2.87. The van der Waals surface area contributed by atoms with Crippen LogP contribution in [0, 0.1) is 0 Å². The summed E-state index contributed by atoms with van der Waals surface area (Å²) in [5, 5.41) is 9.05. The van der Waals surface area contributed by atoms with E-state index in [9.17, 15) is 0 Å². The molecule has 66 valence electrons. The topological polar surface area (TPSA) is 35.0 Å². The van der Waals surface area contributed by atoms with Crippen molar-refractivity contribution in [2.24, 2.45) is 0 Å². The molecule has 0 unspecified atom stereocenters. The van der Waals surface area contributed by atoms with E-state index in [2.05, 4.69) is 10.2 Å². The van der Waals surface area contributed by atoms with Crippen molar-refractivity contribution in [2.75, 3.05) is 7.11 Å². The standard InChI is InChI=1S/C9H7ClN2O/c1-13-8-4-2-3-7-9(8)6(10)5-11-12-7/h2-5H,1H3. The Morgan fingerprint density at radius 1 is 1.38 bits per heavy atom. The second-order valence-electron chi connectivity index (χ2n) is 2.55. The number of rotatable bonds is 1. The Kier molecular flexibility index (Phi) is 2.02. The quantitative estimate of drug-likeness (QED) is 0.699. The number of methoxy groups -OCH3 is 1. The molecule has 0 amide bonds. The molecule has 1 heterocycles. The molecule has 0 atom stereocenters. The number of hydrogen-bond donors (Lipinski definition) is 0.